The van der Waals surface area contributed by atoms with Crippen LogP contribution in [0.1, 0.15) is 17.0 Å². The van der Waals surface area contributed by atoms with E-state index in [1.54, 1.807) is 35.8 Å². The summed E-state index contributed by atoms with van der Waals surface area (Å²) in [6, 6.07) is 8.13. The fourth-order valence-corrected chi connectivity index (χ4v) is 4.90. The zero-order chi connectivity index (χ0) is 21.8. The van der Waals surface area contributed by atoms with Crippen LogP contribution in [0.5, 0.6) is 0 Å². The minimum Gasteiger partial charge on any atom is -0.315 e. The summed E-state index contributed by atoms with van der Waals surface area (Å²) in [4.78, 5) is 16.4. The number of rotatable bonds is 2. The average molecular weight is 446 g/mol. The number of amides is 1. The van der Waals surface area contributed by atoms with Crippen molar-refractivity contribution >= 4 is 49.0 Å². The van der Waals surface area contributed by atoms with Crippen LogP contribution in [0.3, 0.4) is 0 Å². The molecule has 2 aromatic rings. The predicted octanol–water partition coefficient (Wildman–Crippen LogP) is 2.85. The Morgan fingerprint density at radius 2 is 1.93 bits per heavy atom. The van der Waals surface area contributed by atoms with Crippen molar-refractivity contribution in [3.05, 3.63) is 58.7 Å². The maximum Gasteiger partial charge on any atom is 0.283 e. The molecule has 1 aromatic carbocycles. The van der Waals surface area contributed by atoms with Crippen LogP contribution >= 0.6 is 11.8 Å². The molecule has 154 valence electrons. The number of hydrogen-bond donors (Lipinski definition) is 1. The Labute approximate surface area is 176 Å². The topological polar surface area (TPSA) is 108 Å². The van der Waals surface area contributed by atoms with Gasteiger partial charge >= 0.3 is 0 Å². The number of hydrogen-bond acceptors (Lipinski definition) is 6. The van der Waals surface area contributed by atoms with Crippen LogP contribution in [0, 0.1) is 25.1 Å². The standard InChI is InChI=1S/C19H16FN5O3S2/c1-10-8-12(11(2)24(10)15-7-5-4-6-14(15)20)9-13-16(21)25-18(22-17(13)26)29-19(23-25)30(3,27)28/h4-9,21H,1-3H3/b13-9+,21-16?. The molecule has 2 aliphatic rings. The van der Waals surface area contributed by atoms with Gasteiger partial charge in [-0.05, 0) is 55.4 Å². The number of sulfone groups is 1. The first kappa shape index (κ1) is 20.2. The highest BCUT2D eigenvalue weighted by atomic mass is 32.3. The molecule has 0 bridgehead atoms. The van der Waals surface area contributed by atoms with Gasteiger partial charge in [0, 0.05) is 17.6 Å². The van der Waals surface area contributed by atoms with Gasteiger partial charge in [0.1, 0.15) is 5.82 Å². The van der Waals surface area contributed by atoms with Crippen molar-refractivity contribution in [2.75, 3.05) is 6.26 Å². The summed E-state index contributed by atoms with van der Waals surface area (Å²) >= 11 is 0.729. The van der Waals surface area contributed by atoms with Crippen LogP contribution in [-0.4, -0.2) is 45.5 Å². The van der Waals surface area contributed by atoms with Gasteiger partial charge in [0.2, 0.25) is 19.4 Å². The van der Waals surface area contributed by atoms with Crippen molar-refractivity contribution in [2.24, 2.45) is 10.1 Å². The molecule has 0 radical (unpaired) electrons. The van der Waals surface area contributed by atoms with Crippen LogP contribution in [-0.2, 0) is 14.6 Å². The van der Waals surface area contributed by atoms with E-state index in [-0.39, 0.29) is 26.8 Å². The van der Waals surface area contributed by atoms with E-state index in [4.69, 9.17) is 5.41 Å². The van der Waals surface area contributed by atoms with Crippen molar-refractivity contribution in [2.45, 2.75) is 13.8 Å². The van der Waals surface area contributed by atoms with Crippen molar-refractivity contribution in [1.82, 2.24) is 9.58 Å². The molecule has 30 heavy (non-hydrogen) atoms. The van der Waals surface area contributed by atoms with E-state index in [0.717, 1.165) is 28.7 Å². The van der Waals surface area contributed by atoms with E-state index in [1.807, 2.05) is 6.92 Å². The lowest BCUT2D eigenvalue weighted by atomic mass is 10.1. The molecule has 11 heteroatoms. The van der Waals surface area contributed by atoms with Gasteiger partial charge < -0.3 is 4.57 Å². The second kappa shape index (κ2) is 7.03. The van der Waals surface area contributed by atoms with E-state index in [9.17, 15) is 17.6 Å². The van der Waals surface area contributed by atoms with Crippen molar-refractivity contribution in [3.8, 4) is 5.69 Å². The van der Waals surface area contributed by atoms with Gasteiger partial charge in [-0.3, -0.25) is 10.2 Å². The van der Waals surface area contributed by atoms with Crippen LogP contribution in [0.15, 0.2) is 46.0 Å². The molecule has 0 fully saturated rings. The number of aryl methyl sites for hydroxylation is 1. The highest BCUT2D eigenvalue weighted by molar-refractivity contribution is 8.42. The first-order valence-corrected chi connectivity index (χ1v) is 11.4. The van der Waals surface area contributed by atoms with Crippen LogP contribution in [0.25, 0.3) is 11.8 Å². The van der Waals surface area contributed by atoms with Gasteiger partial charge in [0.15, 0.2) is 5.84 Å². The van der Waals surface area contributed by atoms with Crippen molar-refractivity contribution in [1.29, 1.82) is 5.41 Å². The molecule has 1 aromatic heterocycles. The van der Waals surface area contributed by atoms with E-state index in [0.29, 0.717) is 16.9 Å². The summed E-state index contributed by atoms with van der Waals surface area (Å²) in [5.74, 6) is -1.32. The number of aliphatic imine (C=N–C) groups is 1. The number of halogens is 1. The van der Waals surface area contributed by atoms with Gasteiger partial charge in [-0.15, -0.1) is 5.10 Å². The number of fused-ring (bicyclic) bond motifs is 1. The lowest BCUT2D eigenvalue weighted by Gasteiger charge is -2.20. The Balaban J connectivity index is 1.78. The molecule has 0 atom stereocenters. The Morgan fingerprint density at radius 3 is 2.60 bits per heavy atom. The number of benzene rings is 1. The SMILES string of the molecule is Cc1cc(/C=C2\C(=N)N3N=C(S(C)(=O)=O)SC3=NC2=O)c(C)n1-c1ccccc1F. The molecule has 4 rings (SSSR count). The van der Waals surface area contributed by atoms with Crippen LogP contribution in [0.2, 0.25) is 0 Å². The van der Waals surface area contributed by atoms with Gasteiger partial charge in [-0.2, -0.15) is 10.0 Å². The maximum absolute atomic E-state index is 14.3. The monoisotopic (exact) mass is 445 g/mol. The lowest BCUT2D eigenvalue weighted by Crippen LogP contribution is -2.35. The quantitative estimate of drug-likeness (QED) is 0.715. The third kappa shape index (κ3) is 3.29. The normalized spacial score (nSPS) is 18.0. The lowest BCUT2D eigenvalue weighted by molar-refractivity contribution is -0.114. The Bertz CT molecular complexity index is 1320. The average Bonchev–Trinajstić information content (AvgIpc) is 3.21. The van der Waals surface area contributed by atoms with Crippen molar-refractivity contribution < 1.29 is 17.6 Å². The highest BCUT2D eigenvalue weighted by Crippen LogP contribution is 2.31. The Kier molecular flexibility index (Phi) is 4.74. The van der Waals surface area contributed by atoms with E-state index in [2.05, 4.69) is 10.1 Å². The number of amidine groups is 2. The largest absolute Gasteiger partial charge is 0.315 e. The van der Waals surface area contributed by atoms with Gasteiger partial charge in [-0.25, -0.2) is 12.8 Å². The maximum atomic E-state index is 14.3. The molecule has 0 unspecified atom stereocenters. The molecule has 0 aliphatic carbocycles. The Morgan fingerprint density at radius 1 is 1.23 bits per heavy atom. The summed E-state index contributed by atoms with van der Waals surface area (Å²) in [7, 11) is -3.60. The molecule has 0 saturated heterocycles. The van der Waals surface area contributed by atoms with Gasteiger partial charge in [0.05, 0.1) is 11.3 Å². The minimum absolute atomic E-state index is 0.0272. The fraction of sp³-hybridized carbons (Fsp3) is 0.158. The zero-order valence-electron chi connectivity index (χ0n) is 16.2. The van der Waals surface area contributed by atoms with Crippen molar-refractivity contribution in [3.63, 3.8) is 0 Å². The van der Waals surface area contributed by atoms with E-state index < -0.39 is 15.7 Å². The molecular weight excluding hydrogens is 429 g/mol. The summed E-state index contributed by atoms with van der Waals surface area (Å²) in [5.41, 5.74) is 2.38. The highest BCUT2D eigenvalue weighted by Gasteiger charge is 2.38. The number of carbonyl (C=O) groups is 1. The molecule has 1 N–H and O–H groups in total. The minimum atomic E-state index is -3.60. The molecule has 1 amide bonds. The summed E-state index contributed by atoms with van der Waals surface area (Å²) in [6.07, 6.45) is 2.49. The summed E-state index contributed by atoms with van der Waals surface area (Å²) in [5, 5.41) is 13.3. The summed E-state index contributed by atoms with van der Waals surface area (Å²) < 4.78 is 39.3. The van der Waals surface area contributed by atoms with E-state index in [1.165, 1.54) is 12.1 Å². The smallest absolute Gasteiger partial charge is 0.283 e. The molecule has 0 spiro atoms. The zero-order valence-corrected chi connectivity index (χ0v) is 17.8. The van der Waals surface area contributed by atoms with Crippen LogP contribution < -0.4 is 0 Å². The number of aromatic nitrogens is 1. The van der Waals surface area contributed by atoms with E-state index >= 15 is 0 Å². The number of hydrazone groups is 1. The van der Waals surface area contributed by atoms with Gasteiger partial charge in [-0.1, -0.05) is 12.1 Å². The second-order valence-corrected chi connectivity index (χ2v) is 9.92. The third-order valence-electron chi connectivity index (χ3n) is 4.62. The predicted molar refractivity (Wildman–Crippen MR) is 115 cm³/mol. The molecular formula is C19H16FN5O3S2. The number of carbonyl (C=O) groups excluding carboxylic acids is 1. The molecule has 3 heterocycles. The van der Waals surface area contributed by atoms with Crippen LogP contribution in [0.4, 0.5) is 4.39 Å². The first-order chi connectivity index (χ1) is 14.1. The molecule has 0 saturated carbocycles. The Hall–Kier alpha value is -3.05. The first-order valence-electron chi connectivity index (χ1n) is 8.72. The number of nitrogens with zero attached hydrogens (tertiary/aromatic N) is 4. The number of para-hydroxylation sites is 1. The third-order valence-corrected chi connectivity index (χ3v) is 7.19. The summed E-state index contributed by atoms with van der Waals surface area (Å²) in [6.45, 7) is 3.59. The fourth-order valence-electron chi connectivity index (χ4n) is 3.22. The number of nitrogens with one attached hydrogen (secondary N) is 1. The second-order valence-electron chi connectivity index (χ2n) is 6.77. The molecule has 2 aliphatic heterocycles. The molecule has 8 nitrogen and oxygen atoms in total. The number of thioether (sulfide) groups is 1. The van der Waals surface area contributed by atoms with Gasteiger partial charge in [0.25, 0.3) is 5.91 Å².